The van der Waals surface area contributed by atoms with E-state index in [4.69, 9.17) is 5.73 Å². The summed E-state index contributed by atoms with van der Waals surface area (Å²) in [5.41, 5.74) is 7.27. The van der Waals surface area contributed by atoms with E-state index in [-0.39, 0.29) is 17.7 Å². The van der Waals surface area contributed by atoms with Gasteiger partial charge in [-0.3, -0.25) is 14.9 Å². The van der Waals surface area contributed by atoms with E-state index < -0.39 is 5.91 Å². The molecule has 0 radical (unpaired) electrons. The summed E-state index contributed by atoms with van der Waals surface area (Å²) in [6, 6.07) is 0. The Labute approximate surface area is 152 Å². The fourth-order valence-corrected chi connectivity index (χ4v) is 6.42. The molecule has 25 heavy (non-hydrogen) atoms. The lowest BCUT2D eigenvalue weighted by Crippen LogP contribution is -2.46. The van der Waals surface area contributed by atoms with Gasteiger partial charge in [-0.15, -0.1) is 11.3 Å². The fourth-order valence-electron chi connectivity index (χ4n) is 5.71. The van der Waals surface area contributed by atoms with E-state index in [0.29, 0.717) is 10.8 Å². The van der Waals surface area contributed by atoms with Crippen LogP contribution < -0.4 is 11.1 Å². The summed E-state index contributed by atoms with van der Waals surface area (Å²) in [7, 11) is 0. The molecule has 0 unspecified atom stereocenters. The molecule has 0 atom stereocenters. The number of allylic oxidation sites excluding steroid dienone is 1. The Bertz CT molecular complexity index is 701. The predicted octanol–water partition coefficient (Wildman–Crippen LogP) is 3.27. The second-order valence-electron chi connectivity index (χ2n) is 8.30. The zero-order valence-electron chi connectivity index (χ0n) is 14.6. The van der Waals surface area contributed by atoms with Crippen LogP contribution in [0.4, 0.5) is 5.13 Å². The summed E-state index contributed by atoms with van der Waals surface area (Å²) in [5.74, 6) is 2.07. The molecule has 1 aromatic heterocycles. The Morgan fingerprint density at radius 2 is 1.88 bits per heavy atom. The molecule has 4 aliphatic carbocycles. The van der Waals surface area contributed by atoms with E-state index in [9.17, 15) is 9.59 Å². The molecular formula is C19H25N3O2S. The highest BCUT2D eigenvalue weighted by Gasteiger charge is 2.51. The molecular weight excluding hydrogens is 334 g/mol. The quantitative estimate of drug-likeness (QED) is 0.791. The molecule has 2 amide bonds. The molecule has 1 aromatic rings. The van der Waals surface area contributed by atoms with Gasteiger partial charge in [-0.25, -0.2) is 4.98 Å². The van der Waals surface area contributed by atoms with Gasteiger partial charge in [0, 0.05) is 11.5 Å². The molecule has 4 fully saturated rings. The Morgan fingerprint density at radius 1 is 1.28 bits per heavy atom. The normalized spacial score (nSPS) is 33.5. The average molecular weight is 359 g/mol. The van der Waals surface area contributed by atoms with Crippen LogP contribution in [-0.2, 0) is 16.0 Å². The lowest BCUT2D eigenvalue weighted by Gasteiger charge is -2.57. The van der Waals surface area contributed by atoms with E-state index in [1.54, 1.807) is 11.5 Å². The summed E-state index contributed by atoms with van der Waals surface area (Å²) in [4.78, 5) is 27.6. The van der Waals surface area contributed by atoms with Crippen LogP contribution in [0, 0.1) is 23.2 Å². The number of rotatable bonds is 5. The molecule has 5 nitrogen and oxygen atoms in total. The van der Waals surface area contributed by atoms with Gasteiger partial charge in [0.15, 0.2) is 5.13 Å². The number of hydrogen-bond acceptors (Lipinski definition) is 4. The van der Waals surface area contributed by atoms with Crippen molar-refractivity contribution >= 4 is 28.3 Å². The molecule has 0 saturated heterocycles. The van der Waals surface area contributed by atoms with Crippen LogP contribution in [0.3, 0.4) is 0 Å². The Morgan fingerprint density at radius 3 is 2.44 bits per heavy atom. The van der Waals surface area contributed by atoms with Crippen LogP contribution >= 0.6 is 11.3 Å². The van der Waals surface area contributed by atoms with Crippen molar-refractivity contribution in [1.82, 2.24) is 4.98 Å². The van der Waals surface area contributed by atoms with E-state index in [1.165, 1.54) is 55.4 Å². The Hall–Kier alpha value is -1.69. The summed E-state index contributed by atoms with van der Waals surface area (Å²) in [6.07, 6.45) is 9.87. The highest BCUT2D eigenvalue weighted by molar-refractivity contribution is 7.14. The predicted molar refractivity (Wildman–Crippen MR) is 98.0 cm³/mol. The molecule has 6 heteroatoms. The largest absolute Gasteiger partial charge is 0.369 e. The number of aromatic nitrogens is 1. The second-order valence-corrected chi connectivity index (χ2v) is 9.16. The Balaban J connectivity index is 1.44. The number of nitrogens with two attached hydrogens (primary N) is 1. The van der Waals surface area contributed by atoms with Crippen LogP contribution in [0.15, 0.2) is 17.0 Å². The molecule has 0 aromatic carbocycles. The van der Waals surface area contributed by atoms with Gasteiger partial charge in [-0.05, 0) is 68.6 Å². The number of carbonyl (C=O) groups is 2. The molecule has 4 saturated carbocycles. The zero-order chi connectivity index (χ0) is 17.6. The van der Waals surface area contributed by atoms with Gasteiger partial charge in [-0.1, -0.05) is 5.57 Å². The summed E-state index contributed by atoms with van der Waals surface area (Å²) in [5, 5.41) is 5.12. The van der Waals surface area contributed by atoms with Gasteiger partial charge < -0.3 is 5.73 Å². The number of anilines is 1. The molecule has 3 N–H and O–H groups in total. The number of nitrogens with one attached hydrogen (secondary N) is 1. The molecule has 4 aliphatic rings. The number of nitrogens with zero attached hydrogens (tertiary/aromatic N) is 1. The molecule has 4 bridgehead atoms. The second kappa shape index (κ2) is 6.24. The van der Waals surface area contributed by atoms with E-state index in [2.05, 4.69) is 17.2 Å². The number of thiazole rings is 1. The first-order valence-corrected chi connectivity index (χ1v) is 10.0. The monoisotopic (exact) mass is 359 g/mol. The highest BCUT2D eigenvalue weighted by Crippen LogP contribution is 2.62. The maximum atomic E-state index is 12.4. The number of amides is 2. The molecule has 0 aliphatic heterocycles. The molecule has 134 valence electrons. The van der Waals surface area contributed by atoms with E-state index in [1.807, 2.05) is 0 Å². The van der Waals surface area contributed by atoms with Crippen molar-refractivity contribution in [1.29, 1.82) is 0 Å². The third kappa shape index (κ3) is 3.36. The number of hydrogen-bond donors (Lipinski definition) is 2. The maximum Gasteiger partial charge on any atom is 0.250 e. The van der Waals surface area contributed by atoms with Crippen molar-refractivity contribution in [2.75, 3.05) is 5.32 Å². The van der Waals surface area contributed by atoms with Crippen LogP contribution in [0.2, 0.25) is 0 Å². The standard InChI is InChI=1S/C19H25N3O2S/c1-11(19-7-12-3-13(8-19)5-14(4-12)9-19)2-17(24)22-18-21-15(10-25-18)6-16(20)23/h2,10,12-14H,3-9H2,1H3,(H2,20,23)(H,21,22,24)/b11-2+. The number of primary amides is 1. The Kier molecular flexibility index (Phi) is 4.18. The third-order valence-electron chi connectivity index (χ3n) is 6.36. The van der Waals surface area contributed by atoms with Crippen LogP contribution in [-0.4, -0.2) is 16.8 Å². The minimum Gasteiger partial charge on any atom is -0.369 e. The minimum absolute atomic E-state index is 0.106. The lowest BCUT2D eigenvalue weighted by molar-refractivity contribution is -0.117. The first kappa shape index (κ1) is 16.8. The molecule has 0 spiro atoms. The van der Waals surface area contributed by atoms with Crippen LogP contribution in [0.25, 0.3) is 0 Å². The van der Waals surface area contributed by atoms with Crippen molar-refractivity contribution in [3.05, 3.63) is 22.7 Å². The molecule has 5 rings (SSSR count). The summed E-state index contributed by atoms with van der Waals surface area (Å²) >= 11 is 1.33. The third-order valence-corrected chi connectivity index (χ3v) is 7.17. The van der Waals surface area contributed by atoms with Gasteiger partial charge in [0.1, 0.15) is 0 Å². The van der Waals surface area contributed by atoms with Crippen LogP contribution in [0.5, 0.6) is 0 Å². The van der Waals surface area contributed by atoms with Crippen molar-refractivity contribution in [2.45, 2.75) is 51.9 Å². The summed E-state index contributed by atoms with van der Waals surface area (Å²) < 4.78 is 0. The maximum absolute atomic E-state index is 12.4. The van der Waals surface area contributed by atoms with Crippen molar-refractivity contribution in [3.63, 3.8) is 0 Å². The van der Waals surface area contributed by atoms with Crippen LogP contribution in [0.1, 0.15) is 51.1 Å². The van der Waals surface area contributed by atoms with Crippen molar-refractivity contribution in [3.8, 4) is 0 Å². The smallest absolute Gasteiger partial charge is 0.250 e. The minimum atomic E-state index is -0.416. The number of carbonyl (C=O) groups excluding carboxylic acids is 2. The van der Waals surface area contributed by atoms with Crippen molar-refractivity contribution in [2.24, 2.45) is 28.9 Å². The summed E-state index contributed by atoms with van der Waals surface area (Å²) in [6.45, 7) is 2.13. The topological polar surface area (TPSA) is 85.1 Å². The van der Waals surface area contributed by atoms with E-state index >= 15 is 0 Å². The highest BCUT2D eigenvalue weighted by atomic mass is 32.1. The van der Waals surface area contributed by atoms with Crippen molar-refractivity contribution < 1.29 is 9.59 Å². The van der Waals surface area contributed by atoms with Gasteiger partial charge in [0.05, 0.1) is 12.1 Å². The first-order valence-electron chi connectivity index (χ1n) is 9.14. The lowest BCUT2D eigenvalue weighted by atomic mass is 9.48. The van der Waals surface area contributed by atoms with Gasteiger partial charge in [0.2, 0.25) is 11.8 Å². The molecule has 1 heterocycles. The van der Waals surface area contributed by atoms with Gasteiger partial charge >= 0.3 is 0 Å². The van der Waals surface area contributed by atoms with Gasteiger partial charge in [-0.2, -0.15) is 0 Å². The zero-order valence-corrected chi connectivity index (χ0v) is 15.4. The fraction of sp³-hybridized carbons (Fsp3) is 0.632. The van der Waals surface area contributed by atoms with E-state index in [0.717, 1.165) is 17.8 Å². The van der Waals surface area contributed by atoms with Gasteiger partial charge in [0.25, 0.3) is 0 Å². The SMILES string of the molecule is C/C(=C\C(=O)Nc1nc(CC(N)=O)cs1)C12CC3CC(CC(C3)C1)C2. The first-order chi connectivity index (χ1) is 11.9. The average Bonchev–Trinajstić information content (AvgIpc) is 2.91.